The van der Waals surface area contributed by atoms with Crippen molar-refractivity contribution >= 4 is 17.8 Å². The number of rotatable bonds is 5. The monoisotopic (exact) mass is 398 g/mol. The highest BCUT2D eigenvalue weighted by atomic mass is 19.1. The Morgan fingerprint density at radius 1 is 1.21 bits per heavy atom. The van der Waals surface area contributed by atoms with E-state index < -0.39 is 23.7 Å². The zero-order valence-corrected chi connectivity index (χ0v) is 15.9. The number of phenols is 1. The van der Waals surface area contributed by atoms with Crippen molar-refractivity contribution in [3.63, 3.8) is 0 Å². The van der Waals surface area contributed by atoms with E-state index in [4.69, 9.17) is 4.74 Å². The molecule has 152 valence electrons. The normalized spacial score (nSPS) is 21.9. The number of aromatic hydroxyl groups is 1. The lowest BCUT2D eigenvalue weighted by Gasteiger charge is -2.32. The molecular weight excluding hydrogens is 375 g/mol. The third kappa shape index (κ3) is 3.88. The van der Waals surface area contributed by atoms with E-state index >= 15 is 0 Å². The molecule has 2 aromatic rings. The maximum absolute atomic E-state index is 13.9. The van der Waals surface area contributed by atoms with Crippen LogP contribution in [0.25, 0.3) is 0 Å². The number of ether oxygens (including phenoxy) is 1. The van der Waals surface area contributed by atoms with Gasteiger partial charge in [0.2, 0.25) is 0 Å². The number of nitrogens with zero attached hydrogens (tertiary/aromatic N) is 1. The first kappa shape index (κ1) is 19.5. The number of halogens is 1. The minimum absolute atomic E-state index is 0.0177. The molecule has 7 heteroatoms. The third-order valence-electron chi connectivity index (χ3n) is 5.55. The van der Waals surface area contributed by atoms with Crippen LogP contribution in [0.4, 0.5) is 10.1 Å². The van der Waals surface area contributed by atoms with Crippen LogP contribution in [-0.2, 0) is 4.74 Å². The lowest BCUT2D eigenvalue weighted by Crippen LogP contribution is -2.48. The van der Waals surface area contributed by atoms with Crippen LogP contribution in [0.2, 0.25) is 0 Å². The molecule has 2 aliphatic rings. The van der Waals surface area contributed by atoms with Gasteiger partial charge >= 0.3 is 0 Å². The lowest BCUT2D eigenvalue weighted by atomic mass is 9.92. The van der Waals surface area contributed by atoms with Crippen LogP contribution in [0.1, 0.15) is 45.2 Å². The number of nitrogens with one attached hydrogen (secondary N) is 1. The summed E-state index contributed by atoms with van der Waals surface area (Å²) in [4.78, 5) is 26.5. The molecule has 6 nitrogen and oxygen atoms in total. The molecular formula is C22H23FN2O4. The first-order valence-electron chi connectivity index (χ1n) is 9.80. The molecule has 2 atom stereocenters. The van der Waals surface area contributed by atoms with Crippen LogP contribution >= 0.6 is 0 Å². The molecule has 29 heavy (non-hydrogen) atoms. The molecule has 4 rings (SSSR count). The quantitative estimate of drug-likeness (QED) is 0.596. The average molecular weight is 398 g/mol. The SMILES string of the molecule is O=Cc1cc(C(=O)C2NCCOC2c2ccc(N3CCCC3)cc2)cc(F)c1O. The molecule has 2 aromatic carbocycles. The average Bonchev–Trinajstić information content (AvgIpc) is 3.30. The predicted molar refractivity (Wildman–Crippen MR) is 106 cm³/mol. The van der Waals surface area contributed by atoms with E-state index in [1.165, 1.54) is 18.9 Å². The fraction of sp³-hybridized carbons (Fsp3) is 0.364. The molecule has 2 unspecified atom stereocenters. The number of anilines is 1. The number of hydrogen-bond acceptors (Lipinski definition) is 6. The summed E-state index contributed by atoms with van der Waals surface area (Å²) in [5.74, 6) is -2.14. The molecule has 0 saturated carbocycles. The number of Topliss-reactive ketones (excluding diaryl/α,β-unsaturated/α-hetero) is 1. The molecule has 2 heterocycles. The van der Waals surface area contributed by atoms with Crippen molar-refractivity contribution in [3.05, 3.63) is 58.9 Å². The minimum atomic E-state index is -0.999. The van der Waals surface area contributed by atoms with Gasteiger partial charge in [-0.15, -0.1) is 0 Å². The van der Waals surface area contributed by atoms with Crippen LogP contribution in [-0.4, -0.2) is 49.5 Å². The summed E-state index contributed by atoms with van der Waals surface area (Å²) < 4.78 is 19.8. The van der Waals surface area contributed by atoms with Crippen molar-refractivity contribution in [1.29, 1.82) is 0 Å². The zero-order valence-electron chi connectivity index (χ0n) is 15.9. The number of ketones is 1. The minimum Gasteiger partial charge on any atom is -0.504 e. The Balaban J connectivity index is 1.59. The van der Waals surface area contributed by atoms with Crippen LogP contribution < -0.4 is 10.2 Å². The van der Waals surface area contributed by atoms with Crippen molar-refractivity contribution in [1.82, 2.24) is 5.32 Å². The third-order valence-corrected chi connectivity index (χ3v) is 5.55. The Labute approximate surface area is 168 Å². The van der Waals surface area contributed by atoms with Crippen molar-refractivity contribution in [3.8, 4) is 5.75 Å². The molecule has 0 spiro atoms. The molecule has 0 amide bonds. The Morgan fingerprint density at radius 3 is 2.62 bits per heavy atom. The van der Waals surface area contributed by atoms with E-state index in [0.29, 0.717) is 19.4 Å². The summed E-state index contributed by atoms with van der Waals surface area (Å²) in [6.07, 6.45) is 2.19. The molecule has 2 fully saturated rings. The van der Waals surface area contributed by atoms with Crippen LogP contribution in [0.3, 0.4) is 0 Å². The molecule has 0 radical (unpaired) electrons. The second-order valence-corrected chi connectivity index (χ2v) is 7.39. The fourth-order valence-corrected chi connectivity index (χ4v) is 4.00. The van der Waals surface area contributed by atoms with Crippen LogP contribution in [0.5, 0.6) is 5.75 Å². The number of aldehydes is 1. The number of carbonyl (C=O) groups is 2. The lowest BCUT2D eigenvalue weighted by molar-refractivity contribution is -0.000891. The Kier molecular flexibility index (Phi) is 5.60. The summed E-state index contributed by atoms with van der Waals surface area (Å²) in [5.41, 5.74) is 1.77. The second kappa shape index (κ2) is 8.31. The molecule has 2 saturated heterocycles. The maximum Gasteiger partial charge on any atom is 0.182 e. The number of benzene rings is 2. The largest absolute Gasteiger partial charge is 0.504 e. The molecule has 0 bridgehead atoms. The fourth-order valence-electron chi connectivity index (χ4n) is 4.00. The van der Waals surface area contributed by atoms with Crippen molar-refractivity contribution in [2.24, 2.45) is 0 Å². The van der Waals surface area contributed by atoms with Crippen LogP contribution in [0.15, 0.2) is 36.4 Å². The summed E-state index contributed by atoms with van der Waals surface area (Å²) in [6.45, 7) is 3.03. The van der Waals surface area contributed by atoms with Gasteiger partial charge in [-0.1, -0.05) is 12.1 Å². The van der Waals surface area contributed by atoms with Gasteiger partial charge in [0.25, 0.3) is 0 Å². The van der Waals surface area contributed by atoms with E-state index in [-0.39, 0.29) is 16.9 Å². The van der Waals surface area contributed by atoms with Gasteiger partial charge in [0, 0.05) is 30.9 Å². The number of phenolic OH excluding ortho intramolecular Hbond substituents is 1. The van der Waals surface area contributed by atoms with E-state index in [1.807, 2.05) is 24.3 Å². The van der Waals surface area contributed by atoms with Gasteiger partial charge in [0.05, 0.1) is 12.2 Å². The summed E-state index contributed by atoms with van der Waals surface area (Å²) >= 11 is 0. The standard InChI is InChI=1S/C22H23FN2O4/c23-18-12-15(11-16(13-26)20(18)27)21(28)19-22(29-10-7-24-19)14-3-5-17(6-4-14)25-8-1-2-9-25/h3-6,11-13,19,22,24,27H,1-2,7-10H2. The number of hydrogen-bond donors (Lipinski definition) is 2. The number of morpholine rings is 1. The van der Waals surface area contributed by atoms with E-state index in [9.17, 15) is 19.1 Å². The maximum atomic E-state index is 13.9. The Hall–Kier alpha value is -2.77. The zero-order chi connectivity index (χ0) is 20.4. The predicted octanol–water partition coefficient (Wildman–Crippen LogP) is 2.86. The van der Waals surface area contributed by atoms with E-state index in [1.54, 1.807) is 0 Å². The van der Waals surface area contributed by atoms with Crippen molar-refractivity contribution in [2.45, 2.75) is 25.0 Å². The Morgan fingerprint density at radius 2 is 1.93 bits per heavy atom. The van der Waals surface area contributed by atoms with Gasteiger partial charge in [0.1, 0.15) is 12.1 Å². The van der Waals surface area contributed by atoms with Gasteiger partial charge in [-0.25, -0.2) is 4.39 Å². The van der Waals surface area contributed by atoms with Crippen molar-refractivity contribution < 1.29 is 23.8 Å². The first-order chi connectivity index (χ1) is 14.1. The molecule has 0 aliphatic carbocycles. The topological polar surface area (TPSA) is 78.9 Å². The Bertz CT molecular complexity index is 910. The van der Waals surface area contributed by atoms with Gasteiger partial charge in [-0.3, -0.25) is 9.59 Å². The molecule has 2 N–H and O–H groups in total. The van der Waals surface area contributed by atoms with Gasteiger partial charge in [0.15, 0.2) is 23.6 Å². The van der Waals surface area contributed by atoms with E-state index in [0.717, 1.165) is 30.4 Å². The van der Waals surface area contributed by atoms with Gasteiger partial charge in [-0.05, 0) is 42.7 Å². The van der Waals surface area contributed by atoms with E-state index in [2.05, 4.69) is 10.2 Å². The smallest absolute Gasteiger partial charge is 0.182 e. The summed E-state index contributed by atoms with van der Waals surface area (Å²) in [5, 5.41) is 12.7. The van der Waals surface area contributed by atoms with Crippen LogP contribution in [0, 0.1) is 5.82 Å². The second-order valence-electron chi connectivity index (χ2n) is 7.39. The first-order valence-corrected chi connectivity index (χ1v) is 9.80. The van der Waals surface area contributed by atoms with Crippen molar-refractivity contribution in [2.75, 3.05) is 31.1 Å². The number of carbonyl (C=O) groups excluding carboxylic acids is 2. The molecule has 0 aromatic heterocycles. The highest BCUT2D eigenvalue weighted by molar-refractivity contribution is 6.02. The highest BCUT2D eigenvalue weighted by Crippen LogP contribution is 2.30. The van der Waals surface area contributed by atoms with Gasteiger partial charge in [-0.2, -0.15) is 0 Å². The van der Waals surface area contributed by atoms with Gasteiger partial charge < -0.3 is 20.1 Å². The molecule has 2 aliphatic heterocycles. The highest BCUT2D eigenvalue weighted by Gasteiger charge is 2.34. The summed E-state index contributed by atoms with van der Waals surface area (Å²) in [7, 11) is 0. The summed E-state index contributed by atoms with van der Waals surface area (Å²) in [6, 6.07) is 9.42.